The molecule has 0 spiro atoms. The van der Waals surface area contributed by atoms with Gasteiger partial charge in [-0.05, 0) is 50.1 Å². The molecule has 186 valence electrons. The van der Waals surface area contributed by atoms with E-state index in [-0.39, 0.29) is 42.2 Å². The fraction of sp³-hybridized carbons (Fsp3) is 0.462. The molecule has 0 bridgehead atoms. The van der Waals surface area contributed by atoms with Gasteiger partial charge in [0.05, 0.1) is 18.7 Å². The van der Waals surface area contributed by atoms with E-state index in [2.05, 4.69) is 16.8 Å². The van der Waals surface area contributed by atoms with Crippen molar-refractivity contribution >= 4 is 15.9 Å². The van der Waals surface area contributed by atoms with Gasteiger partial charge in [0.25, 0.3) is 5.91 Å². The van der Waals surface area contributed by atoms with Gasteiger partial charge in [0.2, 0.25) is 10.0 Å². The summed E-state index contributed by atoms with van der Waals surface area (Å²) in [6.45, 7) is 3.65. The number of sulfonamides is 1. The van der Waals surface area contributed by atoms with Crippen LogP contribution in [0.15, 0.2) is 47.6 Å². The second kappa shape index (κ2) is 10.4. The van der Waals surface area contributed by atoms with E-state index in [4.69, 9.17) is 4.74 Å². The molecule has 1 N–H and O–H groups in total. The van der Waals surface area contributed by atoms with Crippen LogP contribution < -0.4 is 4.74 Å². The topological polar surface area (TPSA) is 100 Å². The van der Waals surface area contributed by atoms with Gasteiger partial charge < -0.3 is 14.7 Å². The van der Waals surface area contributed by atoms with E-state index in [0.29, 0.717) is 17.0 Å². The average Bonchev–Trinajstić information content (AvgIpc) is 3.69. The second-order valence-corrected chi connectivity index (χ2v) is 11.2. The first-order valence-electron chi connectivity index (χ1n) is 11.8. The van der Waals surface area contributed by atoms with Crippen LogP contribution in [0, 0.1) is 23.7 Å². The maximum absolute atomic E-state index is 13.6. The van der Waals surface area contributed by atoms with Crippen molar-refractivity contribution in [3.8, 4) is 17.6 Å². The molecule has 0 unspecified atom stereocenters. The zero-order chi connectivity index (χ0) is 25.2. The Hall–Kier alpha value is -2.93. The molecule has 8 nitrogen and oxygen atoms in total. The average molecular weight is 498 g/mol. The molecule has 0 saturated heterocycles. The Morgan fingerprint density at radius 3 is 2.77 bits per heavy atom. The predicted octanol–water partition coefficient (Wildman–Crippen LogP) is 2.38. The number of fused-ring (bicyclic) bond motifs is 1. The van der Waals surface area contributed by atoms with Crippen LogP contribution in [-0.4, -0.2) is 72.5 Å². The molecule has 9 heteroatoms. The number of likely N-dealkylation sites (N-methyl/N-ethyl adjacent to an activating group) is 1. The maximum atomic E-state index is 13.6. The molecule has 2 aromatic rings. The number of amides is 1. The van der Waals surface area contributed by atoms with E-state index < -0.39 is 22.2 Å². The molecule has 1 aliphatic carbocycles. The van der Waals surface area contributed by atoms with Gasteiger partial charge in [0.1, 0.15) is 16.7 Å². The van der Waals surface area contributed by atoms with Crippen LogP contribution in [0.2, 0.25) is 0 Å². The molecule has 2 aliphatic rings. The normalized spacial score (nSPS) is 22.4. The van der Waals surface area contributed by atoms with Gasteiger partial charge in [-0.25, -0.2) is 8.42 Å². The maximum Gasteiger partial charge on any atom is 0.255 e. The Balaban J connectivity index is 1.69. The highest BCUT2D eigenvalue weighted by atomic mass is 32.2. The molecule has 1 saturated carbocycles. The molecule has 4 rings (SSSR count). The third-order valence-electron chi connectivity index (χ3n) is 6.37. The number of hydrogen-bond donors (Lipinski definition) is 1. The third-order valence-corrected chi connectivity index (χ3v) is 8.39. The van der Waals surface area contributed by atoms with E-state index in [1.165, 1.54) is 16.6 Å². The van der Waals surface area contributed by atoms with Crippen molar-refractivity contribution < 1.29 is 23.1 Å². The molecule has 1 aromatic heterocycles. The summed E-state index contributed by atoms with van der Waals surface area (Å²) in [5.41, 5.74) is 1.14. The first-order chi connectivity index (χ1) is 16.7. The lowest BCUT2D eigenvalue weighted by Crippen LogP contribution is -2.50. The van der Waals surface area contributed by atoms with Gasteiger partial charge in [-0.2, -0.15) is 4.31 Å². The lowest BCUT2D eigenvalue weighted by Gasteiger charge is -2.37. The first kappa shape index (κ1) is 25.2. The zero-order valence-electron chi connectivity index (χ0n) is 20.2. The van der Waals surface area contributed by atoms with Crippen molar-refractivity contribution in [2.45, 2.75) is 43.7 Å². The van der Waals surface area contributed by atoms with Crippen LogP contribution in [0.5, 0.6) is 5.75 Å². The van der Waals surface area contributed by atoms with Crippen LogP contribution in [0.4, 0.5) is 0 Å². The summed E-state index contributed by atoms with van der Waals surface area (Å²) in [6.07, 6.45) is 4.81. The quantitative estimate of drug-likeness (QED) is 0.637. The number of hydrogen-bond acceptors (Lipinski definition) is 6. The summed E-state index contributed by atoms with van der Waals surface area (Å²) in [5.74, 6) is 6.46. The van der Waals surface area contributed by atoms with Crippen molar-refractivity contribution in [1.29, 1.82) is 0 Å². The third kappa shape index (κ3) is 5.67. The number of ether oxygens (including phenoxy) is 1. The molecule has 2 heterocycles. The minimum atomic E-state index is -3.92. The predicted molar refractivity (Wildman–Crippen MR) is 131 cm³/mol. The van der Waals surface area contributed by atoms with E-state index in [1.54, 1.807) is 49.3 Å². The Morgan fingerprint density at radius 2 is 2.11 bits per heavy atom. The lowest BCUT2D eigenvalue weighted by molar-refractivity contribution is 0.0563. The van der Waals surface area contributed by atoms with Gasteiger partial charge in [0, 0.05) is 49.4 Å². The van der Waals surface area contributed by atoms with Gasteiger partial charge in [-0.1, -0.05) is 18.8 Å². The van der Waals surface area contributed by atoms with Gasteiger partial charge in [-0.15, -0.1) is 0 Å². The van der Waals surface area contributed by atoms with Crippen molar-refractivity contribution in [3.05, 3.63) is 53.9 Å². The number of pyridine rings is 1. The second-order valence-electron chi connectivity index (χ2n) is 9.37. The standard InChI is InChI=1S/C26H31N3O5S/c1-18-15-29(19(2)17-30)35(32,33)25-11-10-21(9-8-20-6-7-20)13-23(25)34-24(18)16-28(3)26(31)22-5-4-12-27-14-22/h4-5,10-14,18-20,24,30H,6-7,15-17H2,1-3H3/t18-,19-,24+/m0/s1. The number of aromatic nitrogens is 1. The number of aliphatic hydroxyl groups excluding tert-OH is 1. The van der Waals surface area contributed by atoms with E-state index >= 15 is 0 Å². The van der Waals surface area contributed by atoms with Crippen molar-refractivity contribution in [2.75, 3.05) is 26.7 Å². The van der Waals surface area contributed by atoms with Crippen molar-refractivity contribution in [3.63, 3.8) is 0 Å². The van der Waals surface area contributed by atoms with Gasteiger partial charge in [-0.3, -0.25) is 9.78 Å². The molecule has 1 amide bonds. The van der Waals surface area contributed by atoms with Crippen molar-refractivity contribution in [2.24, 2.45) is 11.8 Å². The zero-order valence-corrected chi connectivity index (χ0v) is 21.0. The summed E-state index contributed by atoms with van der Waals surface area (Å²) in [4.78, 5) is 18.5. The highest BCUT2D eigenvalue weighted by molar-refractivity contribution is 7.89. The minimum absolute atomic E-state index is 0.0351. The summed E-state index contributed by atoms with van der Waals surface area (Å²) in [7, 11) is -2.23. The van der Waals surface area contributed by atoms with Crippen LogP contribution in [0.1, 0.15) is 42.6 Å². The van der Waals surface area contributed by atoms with Crippen LogP contribution >= 0.6 is 0 Å². The summed E-state index contributed by atoms with van der Waals surface area (Å²) >= 11 is 0. The fourth-order valence-electron chi connectivity index (χ4n) is 4.00. The van der Waals surface area contributed by atoms with E-state index in [9.17, 15) is 18.3 Å². The Morgan fingerprint density at radius 1 is 1.34 bits per heavy atom. The minimum Gasteiger partial charge on any atom is -0.487 e. The largest absolute Gasteiger partial charge is 0.487 e. The smallest absolute Gasteiger partial charge is 0.255 e. The van der Waals surface area contributed by atoms with Crippen molar-refractivity contribution in [1.82, 2.24) is 14.2 Å². The number of rotatable bonds is 5. The Labute approximate surface area is 207 Å². The highest BCUT2D eigenvalue weighted by Gasteiger charge is 2.38. The summed E-state index contributed by atoms with van der Waals surface area (Å²) < 4.78 is 34.8. The number of carbonyl (C=O) groups excluding carboxylic acids is 1. The summed E-state index contributed by atoms with van der Waals surface area (Å²) in [6, 6.07) is 7.67. The number of aliphatic hydroxyl groups is 1. The molecule has 1 aliphatic heterocycles. The van der Waals surface area contributed by atoms with Crippen LogP contribution in [0.25, 0.3) is 0 Å². The molecule has 0 radical (unpaired) electrons. The lowest BCUT2D eigenvalue weighted by atomic mass is 10.0. The van der Waals surface area contributed by atoms with Crippen LogP contribution in [-0.2, 0) is 10.0 Å². The molecular weight excluding hydrogens is 466 g/mol. The summed E-state index contributed by atoms with van der Waals surface area (Å²) in [5, 5.41) is 9.78. The molecular formula is C26H31N3O5S. The fourth-order valence-corrected chi connectivity index (χ4v) is 5.82. The Bertz CT molecular complexity index is 1230. The van der Waals surface area contributed by atoms with Crippen LogP contribution in [0.3, 0.4) is 0 Å². The van der Waals surface area contributed by atoms with E-state index in [1.807, 2.05) is 6.92 Å². The van der Waals surface area contributed by atoms with Gasteiger partial charge in [0.15, 0.2) is 0 Å². The number of carbonyl (C=O) groups is 1. The van der Waals surface area contributed by atoms with Gasteiger partial charge >= 0.3 is 0 Å². The number of benzene rings is 1. The molecule has 3 atom stereocenters. The van der Waals surface area contributed by atoms with E-state index in [0.717, 1.165) is 12.8 Å². The Kier molecular flexibility index (Phi) is 7.45. The molecule has 1 fully saturated rings. The molecule has 35 heavy (non-hydrogen) atoms. The SMILES string of the molecule is C[C@H]1CN([C@@H](C)CO)S(=O)(=O)c2ccc(C#CC3CC3)cc2O[C@@H]1CN(C)C(=O)c1cccnc1. The first-order valence-corrected chi connectivity index (χ1v) is 13.2. The monoisotopic (exact) mass is 497 g/mol. The highest BCUT2D eigenvalue weighted by Crippen LogP contribution is 2.34. The molecule has 1 aromatic carbocycles. The number of nitrogens with zero attached hydrogens (tertiary/aromatic N) is 3.